The first kappa shape index (κ1) is 12.6. The van der Waals surface area contributed by atoms with E-state index in [4.69, 9.17) is 9.47 Å². The Morgan fingerprint density at radius 2 is 1.68 bits per heavy atom. The van der Waals surface area contributed by atoms with Crippen molar-refractivity contribution in [1.29, 1.82) is 0 Å². The minimum Gasteiger partial charge on any atom is -0.454 e. The molecule has 2 aliphatic heterocycles. The molecule has 2 heterocycles. The van der Waals surface area contributed by atoms with E-state index >= 15 is 0 Å². The second kappa shape index (κ2) is 4.73. The predicted octanol–water partition coefficient (Wildman–Crippen LogP) is 2.23. The van der Waals surface area contributed by atoms with Crippen molar-refractivity contribution in [2.75, 3.05) is 6.79 Å². The van der Waals surface area contributed by atoms with E-state index in [2.05, 4.69) is 5.32 Å². The van der Waals surface area contributed by atoms with Gasteiger partial charge in [0.2, 0.25) is 6.79 Å². The maximum Gasteiger partial charge on any atom is 0.258 e. The molecule has 0 unspecified atom stereocenters. The van der Waals surface area contributed by atoms with Gasteiger partial charge in [-0.3, -0.25) is 14.9 Å². The molecule has 0 radical (unpaired) electrons. The van der Waals surface area contributed by atoms with Gasteiger partial charge in [-0.2, -0.15) is 0 Å². The van der Waals surface area contributed by atoms with Gasteiger partial charge in [-0.15, -0.1) is 0 Å². The molecular weight excluding hydrogens is 282 g/mol. The van der Waals surface area contributed by atoms with Gasteiger partial charge in [0.25, 0.3) is 11.8 Å². The van der Waals surface area contributed by atoms with Crippen LogP contribution in [0.4, 0.5) is 0 Å². The van der Waals surface area contributed by atoms with Crippen molar-refractivity contribution >= 4 is 23.5 Å². The fourth-order valence-corrected chi connectivity index (χ4v) is 2.59. The topological polar surface area (TPSA) is 64.6 Å². The zero-order chi connectivity index (χ0) is 15.1. The summed E-state index contributed by atoms with van der Waals surface area (Å²) in [6, 6.07) is 12.5. The number of carbonyl (C=O) groups excluding carboxylic acids is 2. The van der Waals surface area contributed by atoms with E-state index in [1.165, 1.54) is 0 Å². The highest BCUT2D eigenvalue weighted by molar-refractivity contribution is 6.33. The highest BCUT2D eigenvalue weighted by Gasteiger charge is 2.26. The van der Waals surface area contributed by atoms with Gasteiger partial charge in [-0.05, 0) is 35.4 Å². The molecule has 108 valence electrons. The van der Waals surface area contributed by atoms with Crippen LogP contribution in [0.5, 0.6) is 11.5 Å². The first-order valence-electron chi connectivity index (χ1n) is 6.79. The average Bonchev–Trinajstić information content (AvgIpc) is 2.99. The van der Waals surface area contributed by atoms with Crippen LogP contribution >= 0.6 is 0 Å². The van der Waals surface area contributed by atoms with Crippen LogP contribution in [0.3, 0.4) is 0 Å². The average molecular weight is 293 g/mol. The number of fused-ring (bicyclic) bond motifs is 2. The van der Waals surface area contributed by atoms with Crippen molar-refractivity contribution in [2.24, 2.45) is 0 Å². The lowest BCUT2D eigenvalue weighted by atomic mass is 9.93. The Kier molecular flexibility index (Phi) is 2.72. The number of carbonyl (C=O) groups is 2. The number of benzene rings is 2. The van der Waals surface area contributed by atoms with Crippen molar-refractivity contribution in [3.05, 3.63) is 59.2 Å². The Hall–Kier alpha value is -3.08. The molecule has 4 rings (SSSR count). The van der Waals surface area contributed by atoms with Crippen LogP contribution in [0.1, 0.15) is 21.5 Å². The van der Waals surface area contributed by atoms with E-state index in [9.17, 15) is 9.59 Å². The Bertz CT molecular complexity index is 838. The fraction of sp³-hybridized carbons (Fsp3) is 0.0588. The van der Waals surface area contributed by atoms with E-state index in [1.54, 1.807) is 36.4 Å². The minimum atomic E-state index is -0.402. The van der Waals surface area contributed by atoms with E-state index < -0.39 is 5.91 Å². The van der Waals surface area contributed by atoms with Crippen molar-refractivity contribution in [3.8, 4) is 11.5 Å². The van der Waals surface area contributed by atoms with Crippen molar-refractivity contribution in [1.82, 2.24) is 5.32 Å². The lowest BCUT2D eigenvalue weighted by Gasteiger charge is -2.18. The third-order valence-corrected chi connectivity index (χ3v) is 3.64. The summed E-state index contributed by atoms with van der Waals surface area (Å²) < 4.78 is 10.6. The van der Waals surface area contributed by atoms with E-state index in [0.29, 0.717) is 28.2 Å². The van der Waals surface area contributed by atoms with Gasteiger partial charge in [0, 0.05) is 11.1 Å². The Balaban J connectivity index is 1.83. The maximum atomic E-state index is 12.1. The molecule has 2 amide bonds. The molecule has 0 aromatic heterocycles. The summed E-state index contributed by atoms with van der Waals surface area (Å²) in [7, 11) is 0. The highest BCUT2D eigenvalue weighted by Crippen LogP contribution is 2.34. The number of nitrogens with one attached hydrogen (secondary N) is 1. The van der Waals surface area contributed by atoms with Crippen LogP contribution in [0, 0.1) is 0 Å². The predicted molar refractivity (Wildman–Crippen MR) is 79.4 cm³/mol. The number of hydrogen-bond acceptors (Lipinski definition) is 4. The highest BCUT2D eigenvalue weighted by atomic mass is 16.7. The molecule has 2 aromatic rings. The second-order valence-electron chi connectivity index (χ2n) is 5.00. The first-order valence-corrected chi connectivity index (χ1v) is 6.79. The number of ether oxygens (including phenoxy) is 2. The molecule has 1 N–H and O–H groups in total. The fourth-order valence-electron chi connectivity index (χ4n) is 2.59. The van der Waals surface area contributed by atoms with E-state index in [-0.39, 0.29) is 12.7 Å². The van der Waals surface area contributed by atoms with Crippen LogP contribution in [-0.4, -0.2) is 18.6 Å². The van der Waals surface area contributed by atoms with Crippen molar-refractivity contribution in [3.63, 3.8) is 0 Å². The summed E-state index contributed by atoms with van der Waals surface area (Å²) in [6.45, 7) is 0.202. The molecule has 0 saturated heterocycles. The quantitative estimate of drug-likeness (QED) is 0.647. The molecule has 22 heavy (non-hydrogen) atoms. The lowest BCUT2D eigenvalue weighted by molar-refractivity contribution is -0.114. The summed E-state index contributed by atoms with van der Waals surface area (Å²) in [5.41, 5.74) is 2.38. The van der Waals surface area contributed by atoms with Crippen LogP contribution in [0.2, 0.25) is 0 Å². The Morgan fingerprint density at radius 1 is 0.909 bits per heavy atom. The summed E-state index contributed by atoms with van der Waals surface area (Å²) >= 11 is 0. The smallest absolute Gasteiger partial charge is 0.258 e. The Labute approximate surface area is 126 Å². The van der Waals surface area contributed by atoms with Gasteiger partial charge in [0.05, 0.1) is 0 Å². The monoisotopic (exact) mass is 293 g/mol. The molecule has 0 bridgehead atoms. The zero-order valence-corrected chi connectivity index (χ0v) is 11.5. The van der Waals surface area contributed by atoms with E-state index in [1.807, 2.05) is 12.1 Å². The summed E-state index contributed by atoms with van der Waals surface area (Å²) in [5, 5.41) is 2.36. The van der Waals surface area contributed by atoms with Crippen LogP contribution in [0.15, 0.2) is 42.5 Å². The molecule has 5 nitrogen and oxygen atoms in total. The Morgan fingerprint density at radius 3 is 2.55 bits per heavy atom. The minimum absolute atomic E-state index is 0.202. The van der Waals surface area contributed by atoms with Crippen molar-refractivity contribution in [2.45, 2.75) is 0 Å². The summed E-state index contributed by atoms with van der Waals surface area (Å²) in [4.78, 5) is 24.0. The van der Waals surface area contributed by atoms with Gasteiger partial charge in [0.15, 0.2) is 11.5 Å². The van der Waals surface area contributed by atoms with Gasteiger partial charge in [-0.25, -0.2) is 0 Å². The second-order valence-corrected chi connectivity index (χ2v) is 5.00. The summed E-state index contributed by atoms with van der Waals surface area (Å²) in [6.07, 6.45) is 1.74. The molecule has 0 spiro atoms. The molecule has 0 saturated carbocycles. The first-order chi connectivity index (χ1) is 10.7. The SMILES string of the molecule is O=C1NC(=O)c2ccccc2/C1=C\c1ccc2c(c1)OCO2. The third-order valence-electron chi connectivity index (χ3n) is 3.64. The maximum absolute atomic E-state index is 12.1. The lowest BCUT2D eigenvalue weighted by Crippen LogP contribution is -2.36. The number of imide groups is 1. The van der Waals surface area contributed by atoms with E-state index in [0.717, 1.165) is 5.56 Å². The van der Waals surface area contributed by atoms with Crippen LogP contribution in [-0.2, 0) is 4.79 Å². The third kappa shape index (κ3) is 1.95. The van der Waals surface area contributed by atoms with Gasteiger partial charge in [0.1, 0.15) is 0 Å². The molecular formula is C17H11NO4. The van der Waals surface area contributed by atoms with Crippen LogP contribution < -0.4 is 14.8 Å². The standard InChI is InChI=1S/C17H11NO4/c19-16-12-4-2-1-3-11(12)13(17(20)18-16)7-10-5-6-14-15(8-10)22-9-21-14/h1-8H,9H2,(H,18,19,20)/b13-7+. The summed E-state index contributed by atoms with van der Waals surface area (Å²) in [5.74, 6) is 0.561. The molecule has 2 aliphatic rings. The molecule has 0 aliphatic carbocycles. The number of amides is 2. The zero-order valence-electron chi connectivity index (χ0n) is 11.5. The van der Waals surface area contributed by atoms with Gasteiger partial charge < -0.3 is 9.47 Å². The molecule has 0 atom stereocenters. The van der Waals surface area contributed by atoms with Gasteiger partial charge >= 0.3 is 0 Å². The van der Waals surface area contributed by atoms with Crippen LogP contribution in [0.25, 0.3) is 11.6 Å². The normalized spacial score (nSPS) is 17.4. The van der Waals surface area contributed by atoms with Gasteiger partial charge in [-0.1, -0.05) is 24.3 Å². The number of rotatable bonds is 1. The molecule has 5 heteroatoms. The molecule has 2 aromatic carbocycles. The number of hydrogen-bond donors (Lipinski definition) is 1. The largest absolute Gasteiger partial charge is 0.454 e. The molecule has 0 fully saturated rings. The van der Waals surface area contributed by atoms with Crippen molar-refractivity contribution < 1.29 is 19.1 Å².